The monoisotopic (exact) mass is 288 g/mol. The first kappa shape index (κ1) is 15.5. The highest BCUT2D eigenvalue weighted by Gasteiger charge is 2.39. The summed E-state index contributed by atoms with van der Waals surface area (Å²) in [6, 6.07) is 7.97. The van der Waals surface area contributed by atoms with E-state index in [-0.39, 0.29) is 17.9 Å². The molecule has 1 aromatic rings. The summed E-state index contributed by atoms with van der Waals surface area (Å²) in [5.74, 6) is -0.164. The fraction of sp³-hybridized carbons (Fsp3) is 0.529. The molecule has 1 aromatic carbocycles. The van der Waals surface area contributed by atoms with Crippen LogP contribution in [0.2, 0.25) is 0 Å². The van der Waals surface area contributed by atoms with E-state index in [1.165, 1.54) is 0 Å². The zero-order valence-corrected chi connectivity index (χ0v) is 13.2. The molecule has 4 nitrogen and oxygen atoms in total. The minimum Gasteiger partial charge on any atom is -0.352 e. The lowest BCUT2D eigenvalue weighted by atomic mass is 9.90. The lowest BCUT2D eigenvalue weighted by molar-refractivity contribution is -0.138. The third kappa shape index (κ3) is 3.63. The van der Waals surface area contributed by atoms with Crippen LogP contribution in [0.1, 0.15) is 52.0 Å². The number of anilines is 1. The van der Waals surface area contributed by atoms with Gasteiger partial charge < -0.3 is 10.6 Å². The van der Waals surface area contributed by atoms with E-state index in [1.54, 1.807) is 13.8 Å². The van der Waals surface area contributed by atoms with Crippen LogP contribution in [-0.4, -0.2) is 17.9 Å². The number of carbonyl (C=O) groups is 2. The number of benzene rings is 1. The van der Waals surface area contributed by atoms with Gasteiger partial charge in [-0.05, 0) is 44.2 Å². The average Bonchev–Trinajstić information content (AvgIpc) is 3.22. The summed E-state index contributed by atoms with van der Waals surface area (Å²) in [5, 5.41) is 5.81. The fourth-order valence-electron chi connectivity index (χ4n) is 2.09. The topological polar surface area (TPSA) is 58.2 Å². The fourth-order valence-corrected chi connectivity index (χ4v) is 2.09. The summed E-state index contributed by atoms with van der Waals surface area (Å²) in [7, 11) is 0. The number of para-hydroxylation sites is 1. The zero-order chi connectivity index (χ0) is 15.6. The van der Waals surface area contributed by atoms with Crippen LogP contribution in [0.3, 0.4) is 0 Å². The molecule has 4 heteroatoms. The molecule has 0 heterocycles. The molecule has 21 heavy (non-hydrogen) atoms. The Kier molecular flexibility index (Phi) is 4.35. The minimum atomic E-state index is -1.08. The molecule has 2 amide bonds. The second kappa shape index (κ2) is 5.88. The van der Waals surface area contributed by atoms with Crippen molar-refractivity contribution in [1.29, 1.82) is 0 Å². The van der Waals surface area contributed by atoms with Gasteiger partial charge >= 0.3 is 0 Å². The minimum absolute atomic E-state index is 0.204. The maximum atomic E-state index is 12.5. The van der Waals surface area contributed by atoms with Crippen molar-refractivity contribution in [1.82, 2.24) is 5.32 Å². The second-order valence-electron chi connectivity index (χ2n) is 6.57. The molecular formula is C17H24N2O2. The van der Waals surface area contributed by atoms with Crippen molar-refractivity contribution in [2.24, 2.45) is 5.41 Å². The Balaban J connectivity index is 2.11. The van der Waals surface area contributed by atoms with Gasteiger partial charge in [0.25, 0.3) is 0 Å². The molecule has 0 spiro atoms. The molecule has 0 atom stereocenters. The molecule has 2 rings (SSSR count). The van der Waals surface area contributed by atoms with Crippen LogP contribution in [0.5, 0.6) is 0 Å². The molecule has 0 saturated heterocycles. The molecule has 0 radical (unpaired) electrons. The van der Waals surface area contributed by atoms with Gasteiger partial charge in [-0.3, -0.25) is 9.59 Å². The molecule has 0 bridgehead atoms. The maximum absolute atomic E-state index is 12.5. The molecule has 0 aliphatic heterocycles. The van der Waals surface area contributed by atoms with E-state index in [1.807, 2.05) is 24.3 Å². The summed E-state index contributed by atoms with van der Waals surface area (Å²) < 4.78 is 0. The highest BCUT2D eigenvalue weighted by atomic mass is 16.2. The van der Waals surface area contributed by atoms with Crippen LogP contribution in [0.25, 0.3) is 0 Å². The Hall–Kier alpha value is -1.84. The van der Waals surface area contributed by atoms with E-state index in [2.05, 4.69) is 24.5 Å². The molecule has 1 aliphatic carbocycles. The Bertz CT molecular complexity index is 545. The van der Waals surface area contributed by atoms with Crippen LogP contribution in [-0.2, 0) is 9.59 Å². The quantitative estimate of drug-likeness (QED) is 0.818. The van der Waals surface area contributed by atoms with Crippen molar-refractivity contribution in [3.8, 4) is 0 Å². The van der Waals surface area contributed by atoms with Crippen molar-refractivity contribution < 1.29 is 9.59 Å². The standard InChI is InChI=1S/C17H24N2O2/c1-11(2)13-7-5-6-8-14(13)19-16(21)17(3,4)15(20)18-12-9-10-12/h5-8,11-12H,9-10H2,1-4H3,(H,18,20)(H,19,21). The summed E-state index contributed by atoms with van der Waals surface area (Å²) >= 11 is 0. The first-order valence-electron chi connectivity index (χ1n) is 7.53. The van der Waals surface area contributed by atoms with E-state index in [0.29, 0.717) is 5.92 Å². The van der Waals surface area contributed by atoms with Gasteiger partial charge in [-0.2, -0.15) is 0 Å². The van der Waals surface area contributed by atoms with Crippen molar-refractivity contribution in [2.45, 2.75) is 52.5 Å². The van der Waals surface area contributed by atoms with Crippen LogP contribution >= 0.6 is 0 Å². The number of amides is 2. The van der Waals surface area contributed by atoms with E-state index in [0.717, 1.165) is 24.1 Å². The molecule has 1 aliphatic rings. The maximum Gasteiger partial charge on any atom is 0.239 e. The molecule has 1 saturated carbocycles. The van der Waals surface area contributed by atoms with Gasteiger partial charge in [0, 0.05) is 11.7 Å². The molecule has 114 valence electrons. The Labute approximate surface area is 126 Å². The van der Waals surface area contributed by atoms with Gasteiger partial charge in [-0.1, -0.05) is 32.0 Å². The zero-order valence-electron chi connectivity index (χ0n) is 13.2. The van der Waals surface area contributed by atoms with E-state index >= 15 is 0 Å². The number of carbonyl (C=O) groups excluding carboxylic acids is 2. The lowest BCUT2D eigenvalue weighted by Gasteiger charge is -2.24. The molecule has 0 aromatic heterocycles. The van der Waals surface area contributed by atoms with Crippen molar-refractivity contribution >= 4 is 17.5 Å². The first-order valence-corrected chi connectivity index (χ1v) is 7.53. The predicted molar refractivity (Wildman–Crippen MR) is 84.1 cm³/mol. The van der Waals surface area contributed by atoms with Crippen LogP contribution in [0.15, 0.2) is 24.3 Å². The summed E-state index contributed by atoms with van der Waals surface area (Å²) in [5.41, 5.74) is 0.779. The van der Waals surface area contributed by atoms with Gasteiger partial charge in [0.05, 0.1) is 0 Å². The lowest BCUT2D eigenvalue weighted by Crippen LogP contribution is -2.45. The number of hydrogen-bond acceptors (Lipinski definition) is 2. The molecule has 1 fully saturated rings. The molecular weight excluding hydrogens is 264 g/mol. The molecule has 2 N–H and O–H groups in total. The Morgan fingerprint density at radius 2 is 1.76 bits per heavy atom. The third-order valence-corrected chi connectivity index (χ3v) is 3.88. The SMILES string of the molecule is CC(C)c1ccccc1NC(=O)C(C)(C)C(=O)NC1CC1. The smallest absolute Gasteiger partial charge is 0.239 e. The second-order valence-corrected chi connectivity index (χ2v) is 6.57. The highest BCUT2D eigenvalue weighted by molar-refractivity contribution is 6.10. The van der Waals surface area contributed by atoms with Crippen molar-refractivity contribution in [2.75, 3.05) is 5.32 Å². The van der Waals surface area contributed by atoms with E-state index in [4.69, 9.17) is 0 Å². The van der Waals surface area contributed by atoms with Gasteiger partial charge in [0.15, 0.2) is 0 Å². The molecule has 0 unspecified atom stereocenters. The first-order chi connectivity index (χ1) is 9.82. The van der Waals surface area contributed by atoms with Crippen LogP contribution < -0.4 is 10.6 Å². The van der Waals surface area contributed by atoms with Crippen molar-refractivity contribution in [3.63, 3.8) is 0 Å². The number of hydrogen-bond donors (Lipinski definition) is 2. The van der Waals surface area contributed by atoms with Gasteiger partial charge in [0.2, 0.25) is 11.8 Å². The number of rotatable bonds is 5. The van der Waals surface area contributed by atoms with Gasteiger partial charge in [-0.15, -0.1) is 0 Å². The van der Waals surface area contributed by atoms with Gasteiger partial charge in [-0.25, -0.2) is 0 Å². The Morgan fingerprint density at radius 3 is 2.33 bits per heavy atom. The van der Waals surface area contributed by atoms with Crippen molar-refractivity contribution in [3.05, 3.63) is 29.8 Å². The number of nitrogens with one attached hydrogen (secondary N) is 2. The van der Waals surface area contributed by atoms with E-state index in [9.17, 15) is 9.59 Å². The summed E-state index contributed by atoms with van der Waals surface area (Å²) in [6.45, 7) is 7.49. The predicted octanol–water partition coefficient (Wildman–Crippen LogP) is 3.05. The van der Waals surface area contributed by atoms with E-state index < -0.39 is 5.41 Å². The van der Waals surface area contributed by atoms with Gasteiger partial charge in [0.1, 0.15) is 5.41 Å². The third-order valence-electron chi connectivity index (χ3n) is 3.88. The average molecular weight is 288 g/mol. The summed E-state index contributed by atoms with van der Waals surface area (Å²) in [4.78, 5) is 24.7. The Morgan fingerprint density at radius 1 is 1.14 bits per heavy atom. The normalized spacial score (nSPS) is 14.9. The van der Waals surface area contributed by atoms with Crippen LogP contribution in [0, 0.1) is 5.41 Å². The highest BCUT2D eigenvalue weighted by Crippen LogP contribution is 2.27. The largest absolute Gasteiger partial charge is 0.352 e. The van der Waals surface area contributed by atoms with Crippen LogP contribution in [0.4, 0.5) is 5.69 Å². The summed E-state index contributed by atoms with van der Waals surface area (Å²) in [6.07, 6.45) is 2.03.